The molecular weight excluding hydrogens is 256 g/mol. The first-order chi connectivity index (χ1) is 9.20. The van der Waals surface area contributed by atoms with E-state index in [-0.39, 0.29) is 0 Å². The zero-order valence-electron chi connectivity index (χ0n) is 10.8. The van der Waals surface area contributed by atoms with Crippen molar-refractivity contribution in [3.8, 4) is 11.4 Å². The summed E-state index contributed by atoms with van der Waals surface area (Å²) in [7, 11) is 1.67. The van der Waals surface area contributed by atoms with Gasteiger partial charge in [0, 0.05) is 0 Å². The Bertz CT molecular complexity index is 801. The molecule has 96 valence electrons. The maximum atomic E-state index is 5.45. The number of nitrogens with zero attached hydrogens (tertiary/aromatic N) is 1. The summed E-state index contributed by atoms with van der Waals surface area (Å²) in [5.74, 6) is 0.812. The van der Waals surface area contributed by atoms with Gasteiger partial charge < -0.3 is 9.72 Å². The maximum Gasteiger partial charge on any atom is 0.182 e. The number of ether oxygens (including phenoxy) is 1. The molecular formula is C15H14N2OS. The predicted octanol–water partition coefficient (Wildman–Crippen LogP) is 4.01. The zero-order chi connectivity index (χ0) is 13.4. The van der Waals surface area contributed by atoms with Gasteiger partial charge in [-0.2, -0.15) is 0 Å². The van der Waals surface area contributed by atoms with Crippen molar-refractivity contribution in [1.29, 1.82) is 0 Å². The lowest BCUT2D eigenvalue weighted by atomic mass is 10.2. The van der Waals surface area contributed by atoms with Gasteiger partial charge in [0.25, 0.3) is 0 Å². The molecule has 1 aromatic heterocycles. The van der Waals surface area contributed by atoms with E-state index in [2.05, 4.69) is 18.0 Å². The molecule has 0 unspecified atom stereocenters. The van der Waals surface area contributed by atoms with Gasteiger partial charge >= 0.3 is 0 Å². The summed E-state index contributed by atoms with van der Waals surface area (Å²) in [6.45, 7) is 2.06. The van der Waals surface area contributed by atoms with Crippen LogP contribution >= 0.6 is 12.2 Å². The van der Waals surface area contributed by atoms with Crippen LogP contribution in [0.5, 0.6) is 5.75 Å². The highest BCUT2D eigenvalue weighted by atomic mass is 32.1. The molecule has 0 saturated carbocycles. The van der Waals surface area contributed by atoms with E-state index in [1.54, 1.807) is 7.11 Å². The van der Waals surface area contributed by atoms with Crippen LogP contribution in [0.3, 0.4) is 0 Å². The van der Waals surface area contributed by atoms with E-state index in [9.17, 15) is 0 Å². The lowest BCUT2D eigenvalue weighted by Gasteiger charge is -2.11. The van der Waals surface area contributed by atoms with E-state index < -0.39 is 0 Å². The quantitative estimate of drug-likeness (QED) is 0.713. The number of aryl methyl sites for hydroxylation is 1. The van der Waals surface area contributed by atoms with E-state index >= 15 is 0 Å². The highest BCUT2D eigenvalue weighted by molar-refractivity contribution is 7.71. The van der Waals surface area contributed by atoms with E-state index in [4.69, 9.17) is 17.0 Å². The molecule has 0 amide bonds. The number of nitrogens with one attached hydrogen (secondary N) is 1. The molecule has 0 aliphatic heterocycles. The lowest BCUT2D eigenvalue weighted by molar-refractivity contribution is 0.413. The van der Waals surface area contributed by atoms with Crippen LogP contribution < -0.4 is 4.74 Å². The zero-order valence-corrected chi connectivity index (χ0v) is 11.6. The Morgan fingerprint density at radius 2 is 1.95 bits per heavy atom. The molecule has 4 heteroatoms. The number of aromatic amines is 1. The lowest BCUT2D eigenvalue weighted by Crippen LogP contribution is -1.98. The Hall–Kier alpha value is -2.07. The molecule has 3 rings (SSSR count). The molecule has 0 fully saturated rings. The SMILES string of the molecule is COc1ccc(C)cc1-n1c(=S)[nH]c2ccccc21. The van der Waals surface area contributed by atoms with Crippen molar-refractivity contribution >= 4 is 23.3 Å². The molecule has 0 saturated heterocycles. The molecule has 0 atom stereocenters. The van der Waals surface area contributed by atoms with Crippen molar-refractivity contribution < 1.29 is 4.74 Å². The van der Waals surface area contributed by atoms with Gasteiger partial charge in [-0.3, -0.25) is 4.57 Å². The summed E-state index contributed by atoms with van der Waals surface area (Å²) in [5.41, 5.74) is 4.21. The molecule has 3 aromatic rings. The molecule has 3 nitrogen and oxygen atoms in total. The molecule has 0 bridgehead atoms. The van der Waals surface area contributed by atoms with Gasteiger partial charge in [-0.1, -0.05) is 18.2 Å². The van der Waals surface area contributed by atoms with Gasteiger partial charge in [0.05, 0.1) is 23.8 Å². The number of fused-ring (bicyclic) bond motifs is 1. The third-order valence-corrected chi connectivity index (χ3v) is 3.45. The molecule has 19 heavy (non-hydrogen) atoms. The topological polar surface area (TPSA) is 29.9 Å². The Labute approximate surface area is 116 Å². The van der Waals surface area contributed by atoms with Gasteiger partial charge in [0.2, 0.25) is 0 Å². The first kappa shape index (κ1) is 12.0. The van der Waals surface area contributed by atoms with E-state index in [0.29, 0.717) is 4.77 Å². The molecule has 0 spiro atoms. The van der Waals surface area contributed by atoms with Gasteiger partial charge in [-0.05, 0) is 49.0 Å². The van der Waals surface area contributed by atoms with Crippen molar-refractivity contribution in [3.63, 3.8) is 0 Å². The minimum atomic E-state index is 0.671. The van der Waals surface area contributed by atoms with Crippen LogP contribution in [0.2, 0.25) is 0 Å². The van der Waals surface area contributed by atoms with Crippen molar-refractivity contribution in [1.82, 2.24) is 9.55 Å². The summed E-state index contributed by atoms with van der Waals surface area (Å²) in [5, 5.41) is 0. The van der Waals surface area contributed by atoms with Crippen LogP contribution in [0.4, 0.5) is 0 Å². The number of aromatic nitrogens is 2. The van der Waals surface area contributed by atoms with Crippen LogP contribution in [0.25, 0.3) is 16.7 Å². The fourth-order valence-electron chi connectivity index (χ4n) is 2.27. The average Bonchev–Trinajstić information content (AvgIpc) is 2.74. The Kier molecular flexibility index (Phi) is 2.87. The molecule has 1 heterocycles. The number of hydrogen-bond donors (Lipinski definition) is 1. The second kappa shape index (κ2) is 4.55. The minimum Gasteiger partial charge on any atom is -0.495 e. The van der Waals surface area contributed by atoms with E-state index in [1.165, 1.54) is 5.56 Å². The maximum absolute atomic E-state index is 5.45. The number of para-hydroxylation sites is 2. The second-order valence-corrected chi connectivity index (χ2v) is 4.84. The third kappa shape index (κ3) is 1.94. The van der Waals surface area contributed by atoms with Crippen molar-refractivity contribution in [2.75, 3.05) is 7.11 Å². The van der Waals surface area contributed by atoms with E-state index in [1.807, 2.05) is 41.0 Å². The Morgan fingerprint density at radius 3 is 2.74 bits per heavy atom. The number of hydrogen-bond acceptors (Lipinski definition) is 2. The Morgan fingerprint density at radius 1 is 1.16 bits per heavy atom. The monoisotopic (exact) mass is 270 g/mol. The molecule has 0 radical (unpaired) electrons. The van der Waals surface area contributed by atoms with Crippen LogP contribution in [0.15, 0.2) is 42.5 Å². The fourth-order valence-corrected chi connectivity index (χ4v) is 2.58. The molecule has 2 aromatic carbocycles. The first-order valence-electron chi connectivity index (χ1n) is 6.05. The molecule has 1 N–H and O–H groups in total. The van der Waals surface area contributed by atoms with Crippen LogP contribution in [-0.2, 0) is 0 Å². The predicted molar refractivity (Wildman–Crippen MR) is 79.7 cm³/mol. The standard InChI is InChI=1S/C15H14N2OS/c1-10-7-8-14(18-2)13(9-10)17-12-6-4-3-5-11(12)16-15(17)19/h3-9H,1-2H3,(H,16,19). The molecule has 0 aliphatic rings. The summed E-state index contributed by atoms with van der Waals surface area (Å²) < 4.78 is 8.13. The number of H-pyrrole nitrogens is 1. The van der Waals surface area contributed by atoms with Gasteiger partial charge in [0.1, 0.15) is 5.75 Å². The Balaban J connectivity index is 2.39. The van der Waals surface area contributed by atoms with Gasteiger partial charge in [0.15, 0.2) is 4.77 Å². The largest absolute Gasteiger partial charge is 0.495 e. The summed E-state index contributed by atoms with van der Waals surface area (Å²) in [4.78, 5) is 3.22. The van der Waals surface area contributed by atoms with Crippen molar-refractivity contribution in [2.45, 2.75) is 6.92 Å². The van der Waals surface area contributed by atoms with Crippen LogP contribution in [0.1, 0.15) is 5.56 Å². The highest BCUT2D eigenvalue weighted by Gasteiger charge is 2.10. The van der Waals surface area contributed by atoms with E-state index in [0.717, 1.165) is 22.5 Å². The number of benzene rings is 2. The van der Waals surface area contributed by atoms with Crippen LogP contribution in [0, 0.1) is 11.7 Å². The number of imidazole rings is 1. The van der Waals surface area contributed by atoms with Gasteiger partial charge in [-0.25, -0.2) is 0 Å². The second-order valence-electron chi connectivity index (χ2n) is 4.46. The summed E-state index contributed by atoms with van der Waals surface area (Å²) in [6, 6.07) is 14.1. The van der Waals surface area contributed by atoms with Crippen molar-refractivity contribution in [2.24, 2.45) is 0 Å². The third-order valence-electron chi connectivity index (χ3n) is 3.16. The van der Waals surface area contributed by atoms with Crippen LogP contribution in [-0.4, -0.2) is 16.7 Å². The average molecular weight is 270 g/mol. The highest BCUT2D eigenvalue weighted by Crippen LogP contribution is 2.28. The number of methoxy groups -OCH3 is 1. The smallest absolute Gasteiger partial charge is 0.182 e. The molecule has 0 aliphatic carbocycles. The van der Waals surface area contributed by atoms with Crippen molar-refractivity contribution in [3.05, 3.63) is 52.8 Å². The summed E-state index contributed by atoms with van der Waals surface area (Å²) in [6.07, 6.45) is 0. The van der Waals surface area contributed by atoms with Gasteiger partial charge in [-0.15, -0.1) is 0 Å². The fraction of sp³-hybridized carbons (Fsp3) is 0.133. The normalized spacial score (nSPS) is 10.8. The first-order valence-corrected chi connectivity index (χ1v) is 6.46. The summed E-state index contributed by atoms with van der Waals surface area (Å²) >= 11 is 5.44. The minimum absolute atomic E-state index is 0.671. The number of rotatable bonds is 2.